The summed E-state index contributed by atoms with van der Waals surface area (Å²) >= 11 is 10.7. The van der Waals surface area contributed by atoms with Crippen LogP contribution in [-0.2, 0) is 14.8 Å². The van der Waals surface area contributed by atoms with Gasteiger partial charge in [-0.3, -0.25) is 0 Å². The molecule has 1 rings (SSSR count). The first-order valence-corrected chi connectivity index (χ1v) is 7.82. The van der Waals surface area contributed by atoms with Gasteiger partial charge < -0.3 is 10.5 Å². The minimum absolute atomic E-state index is 0.0639. The van der Waals surface area contributed by atoms with Gasteiger partial charge in [0, 0.05) is 18.7 Å². The fraction of sp³-hybridized carbons (Fsp3) is 0.364. The molecule has 0 unspecified atom stereocenters. The minimum atomic E-state index is -3.60. The number of halogens is 1. The summed E-state index contributed by atoms with van der Waals surface area (Å²) in [5, 5.41) is 0.209. The van der Waals surface area contributed by atoms with E-state index in [0.717, 1.165) is 0 Å². The molecule has 0 bridgehead atoms. The van der Waals surface area contributed by atoms with Gasteiger partial charge >= 0.3 is 0 Å². The molecule has 0 aliphatic carbocycles. The molecule has 0 heterocycles. The molecule has 5 nitrogen and oxygen atoms in total. The van der Waals surface area contributed by atoms with Gasteiger partial charge in [-0.2, -0.15) is 0 Å². The van der Waals surface area contributed by atoms with Crippen LogP contribution in [-0.4, -0.2) is 33.2 Å². The van der Waals surface area contributed by atoms with Crippen molar-refractivity contribution in [2.45, 2.75) is 11.8 Å². The van der Waals surface area contributed by atoms with E-state index in [0.29, 0.717) is 18.8 Å². The molecule has 3 N–H and O–H groups in total. The van der Waals surface area contributed by atoms with Crippen molar-refractivity contribution in [3.63, 3.8) is 0 Å². The SMILES string of the molecule is CCOCCNS(=O)(=O)c1ccc(C(N)=S)c(Cl)c1. The van der Waals surface area contributed by atoms with E-state index in [4.69, 9.17) is 34.3 Å². The molecule has 0 aliphatic rings. The normalized spacial score (nSPS) is 11.5. The molecular formula is C11H15ClN2O3S2. The Kier molecular flexibility index (Phi) is 6.15. The zero-order valence-electron chi connectivity index (χ0n) is 10.3. The van der Waals surface area contributed by atoms with Gasteiger partial charge in [-0.05, 0) is 25.1 Å². The second kappa shape index (κ2) is 7.16. The van der Waals surface area contributed by atoms with Gasteiger partial charge in [0.05, 0.1) is 16.5 Å². The van der Waals surface area contributed by atoms with Crippen LogP contribution in [0.4, 0.5) is 0 Å². The summed E-state index contributed by atoms with van der Waals surface area (Å²) in [7, 11) is -3.60. The van der Waals surface area contributed by atoms with Crippen molar-refractivity contribution in [1.82, 2.24) is 4.72 Å². The fourth-order valence-electron chi connectivity index (χ4n) is 1.34. The Morgan fingerprint density at radius 3 is 2.74 bits per heavy atom. The lowest BCUT2D eigenvalue weighted by Gasteiger charge is -2.08. The molecular weight excluding hydrogens is 308 g/mol. The molecule has 0 aliphatic heterocycles. The van der Waals surface area contributed by atoms with Crippen molar-refractivity contribution >= 4 is 38.8 Å². The Labute approximate surface area is 123 Å². The third-order valence-electron chi connectivity index (χ3n) is 2.26. The van der Waals surface area contributed by atoms with Gasteiger partial charge in [0.2, 0.25) is 10.0 Å². The highest BCUT2D eigenvalue weighted by Crippen LogP contribution is 2.20. The molecule has 1 aromatic carbocycles. The van der Waals surface area contributed by atoms with Gasteiger partial charge in [-0.15, -0.1) is 0 Å². The molecule has 0 saturated carbocycles. The van der Waals surface area contributed by atoms with Gasteiger partial charge in [-0.25, -0.2) is 13.1 Å². The maximum absolute atomic E-state index is 11.9. The Bertz CT molecular complexity index is 561. The third-order valence-corrected chi connectivity index (χ3v) is 4.25. The Balaban J connectivity index is 2.84. The van der Waals surface area contributed by atoms with Crippen LogP contribution in [0.15, 0.2) is 23.1 Å². The van der Waals surface area contributed by atoms with Crippen molar-refractivity contribution in [2.24, 2.45) is 5.73 Å². The van der Waals surface area contributed by atoms with E-state index in [1.807, 2.05) is 6.92 Å². The molecule has 0 radical (unpaired) electrons. The average Bonchev–Trinajstić information content (AvgIpc) is 2.34. The van der Waals surface area contributed by atoms with Crippen molar-refractivity contribution in [3.8, 4) is 0 Å². The summed E-state index contributed by atoms with van der Waals surface area (Å²) < 4.78 is 31.3. The molecule has 0 atom stereocenters. The fourth-order valence-corrected chi connectivity index (χ4v) is 2.96. The van der Waals surface area contributed by atoms with Crippen LogP contribution in [0.1, 0.15) is 12.5 Å². The van der Waals surface area contributed by atoms with Crippen LogP contribution in [0.3, 0.4) is 0 Å². The Morgan fingerprint density at radius 1 is 1.53 bits per heavy atom. The Hall–Kier alpha value is -0.730. The lowest BCUT2D eigenvalue weighted by atomic mass is 10.2. The topological polar surface area (TPSA) is 81.4 Å². The molecule has 0 saturated heterocycles. The quantitative estimate of drug-likeness (QED) is 0.584. The van der Waals surface area contributed by atoms with Crippen molar-refractivity contribution in [3.05, 3.63) is 28.8 Å². The smallest absolute Gasteiger partial charge is 0.240 e. The van der Waals surface area contributed by atoms with Crippen molar-refractivity contribution in [1.29, 1.82) is 0 Å². The second-order valence-corrected chi connectivity index (χ2v) is 6.21. The van der Waals surface area contributed by atoms with Gasteiger partial charge in [0.1, 0.15) is 4.99 Å². The number of benzene rings is 1. The number of sulfonamides is 1. The van der Waals surface area contributed by atoms with Gasteiger partial charge in [0.15, 0.2) is 0 Å². The molecule has 0 fully saturated rings. The number of nitrogens with one attached hydrogen (secondary N) is 1. The zero-order valence-corrected chi connectivity index (χ0v) is 12.7. The zero-order chi connectivity index (χ0) is 14.5. The van der Waals surface area contributed by atoms with E-state index in [1.165, 1.54) is 18.2 Å². The van der Waals surface area contributed by atoms with E-state index in [-0.39, 0.29) is 21.5 Å². The largest absolute Gasteiger partial charge is 0.389 e. The van der Waals surface area contributed by atoms with Crippen molar-refractivity contribution < 1.29 is 13.2 Å². The number of hydrogen-bond donors (Lipinski definition) is 2. The molecule has 106 valence electrons. The van der Waals surface area contributed by atoms with Crippen LogP contribution in [0.2, 0.25) is 5.02 Å². The van der Waals surface area contributed by atoms with Crippen molar-refractivity contribution in [2.75, 3.05) is 19.8 Å². The lowest BCUT2D eigenvalue weighted by Crippen LogP contribution is -2.27. The monoisotopic (exact) mass is 322 g/mol. The maximum atomic E-state index is 11.9. The highest BCUT2D eigenvalue weighted by Gasteiger charge is 2.15. The third kappa shape index (κ3) is 4.70. The van der Waals surface area contributed by atoms with E-state index in [1.54, 1.807) is 0 Å². The van der Waals surface area contributed by atoms with E-state index < -0.39 is 10.0 Å². The van der Waals surface area contributed by atoms with Crippen LogP contribution < -0.4 is 10.5 Å². The molecule has 0 amide bonds. The van der Waals surface area contributed by atoms with Crippen LogP contribution >= 0.6 is 23.8 Å². The summed E-state index contributed by atoms with van der Waals surface area (Å²) in [6.07, 6.45) is 0. The predicted octanol–water partition coefficient (Wildman–Crippen LogP) is 1.29. The standard InChI is InChI=1S/C11H15ClN2O3S2/c1-2-17-6-5-14-19(15,16)8-3-4-9(11(13)18)10(12)7-8/h3-4,7,14H,2,5-6H2,1H3,(H2,13,18). The first kappa shape index (κ1) is 16.3. The minimum Gasteiger partial charge on any atom is -0.389 e. The summed E-state index contributed by atoms with van der Waals surface area (Å²) in [5.74, 6) is 0. The number of nitrogens with two attached hydrogens (primary N) is 1. The molecule has 19 heavy (non-hydrogen) atoms. The summed E-state index contributed by atoms with van der Waals surface area (Å²) in [6, 6.07) is 4.21. The maximum Gasteiger partial charge on any atom is 0.240 e. The molecule has 0 aromatic heterocycles. The number of hydrogen-bond acceptors (Lipinski definition) is 4. The van der Waals surface area contributed by atoms with E-state index in [9.17, 15) is 8.42 Å². The van der Waals surface area contributed by atoms with Crippen LogP contribution in [0, 0.1) is 0 Å². The average molecular weight is 323 g/mol. The number of thiocarbonyl (C=S) groups is 1. The Morgan fingerprint density at radius 2 is 2.21 bits per heavy atom. The van der Waals surface area contributed by atoms with E-state index in [2.05, 4.69) is 4.72 Å². The number of ether oxygens (including phenoxy) is 1. The number of rotatable bonds is 7. The first-order chi connectivity index (χ1) is 8.88. The second-order valence-electron chi connectivity index (χ2n) is 3.60. The summed E-state index contributed by atoms with van der Waals surface area (Å²) in [5.41, 5.74) is 5.90. The molecule has 0 spiro atoms. The molecule has 1 aromatic rings. The van der Waals surface area contributed by atoms with Crippen LogP contribution in [0.5, 0.6) is 0 Å². The highest BCUT2D eigenvalue weighted by molar-refractivity contribution is 7.89. The van der Waals surface area contributed by atoms with E-state index >= 15 is 0 Å². The lowest BCUT2D eigenvalue weighted by molar-refractivity contribution is 0.153. The van der Waals surface area contributed by atoms with Gasteiger partial charge in [-0.1, -0.05) is 23.8 Å². The van der Waals surface area contributed by atoms with Gasteiger partial charge in [0.25, 0.3) is 0 Å². The summed E-state index contributed by atoms with van der Waals surface area (Å²) in [4.78, 5) is 0.187. The first-order valence-electron chi connectivity index (χ1n) is 5.55. The van der Waals surface area contributed by atoms with Crippen LogP contribution in [0.25, 0.3) is 0 Å². The summed E-state index contributed by atoms with van der Waals surface area (Å²) in [6.45, 7) is 2.89. The molecule has 8 heteroatoms. The predicted molar refractivity (Wildman–Crippen MR) is 79.0 cm³/mol. The highest BCUT2D eigenvalue weighted by atomic mass is 35.5.